The summed E-state index contributed by atoms with van der Waals surface area (Å²) in [6, 6.07) is 11.2. The average Bonchev–Trinajstić information content (AvgIpc) is 3.14. The fraction of sp³-hybridized carbons (Fsp3) is 0.400. The molecule has 0 bridgehead atoms. The van der Waals surface area contributed by atoms with Gasteiger partial charge in [-0.15, -0.1) is 0 Å². The number of para-hydroxylation sites is 1. The van der Waals surface area contributed by atoms with Crippen LogP contribution in [0.3, 0.4) is 0 Å². The molecular weight excluding hydrogens is 355 g/mol. The lowest BCUT2D eigenvalue weighted by Crippen LogP contribution is -2.33. The number of ether oxygens (including phenoxy) is 1. The Morgan fingerprint density at radius 2 is 1.74 bits per heavy atom. The van der Waals surface area contributed by atoms with E-state index >= 15 is 0 Å². The zero-order valence-electron chi connectivity index (χ0n) is 15.3. The molecule has 0 amide bonds. The third-order valence-electron chi connectivity index (χ3n) is 4.76. The molecule has 0 atom stereocenters. The number of benzene rings is 2. The molecule has 4 nitrogen and oxygen atoms in total. The van der Waals surface area contributed by atoms with Gasteiger partial charge in [-0.05, 0) is 50.2 Å². The molecule has 0 aliphatic carbocycles. The number of alkyl halides is 3. The van der Waals surface area contributed by atoms with Crippen LogP contribution in [0.15, 0.2) is 42.5 Å². The summed E-state index contributed by atoms with van der Waals surface area (Å²) in [5.74, 6) is 0.101. The van der Waals surface area contributed by atoms with E-state index in [4.69, 9.17) is 10.5 Å². The maximum atomic E-state index is 13.9. The minimum absolute atomic E-state index is 0.0323. The van der Waals surface area contributed by atoms with E-state index in [1.54, 1.807) is 42.3 Å². The van der Waals surface area contributed by atoms with Crippen molar-refractivity contribution in [3.8, 4) is 11.5 Å². The number of likely N-dealkylation sites (N-methyl/N-ethyl adjacent to an activating group) is 1. The summed E-state index contributed by atoms with van der Waals surface area (Å²) < 4.78 is 47.3. The van der Waals surface area contributed by atoms with Crippen molar-refractivity contribution in [3.63, 3.8) is 0 Å². The van der Waals surface area contributed by atoms with Gasteiger partial charge in [0, 0.05) is 20.1 Å². The fourth-order valence-electron chi connectivity index (χ4n) is 3.38. The van der Waals surface area contributed by atoms with Gasteiger partial charge in [0.05, 0.1) is 11.4 Å². The lowest BCUT2D eigenvalue weighted by molar-refractivity contribution is -0.138. The Bertz CT molecular complexity index is 759. The summed E-state index contributed by atoms with van der Waals surface area (Å²) in [5.41, 5.74) is 5.17. The van der Waals surface area contributed by atoms with Gasteiger partial charge in [0.1, 0.15) is 17.1 Å². The Labute approximate surface area is 157 Å². The first kappa shape index (κ1) is 19.4. The topological polar surface area (TPSA) is 41.7 Å². The van der Waals surface area contributed by atoms with Crippen LogP contribution in [0, 0.1) is 0 Å². The van der Waals surface area contributed by atoms with Crippen molar-refractivity contribution in [1.29, 1.82) is 0 Å². The molecule has 0 radical (unpaired) electrons. The highest BCUT2D eigenvalue weighted by Crippen LogP contribution is 2.46. The number of hydrogen-bond donors (Lipinski definition) is 1. The Balaban J connectivity index is 1.92. The largest absolute Gasteiger partial charge is 0.457 e. The number of nitrogen functional groups attached to an aromatic ring is 1. The van der Waals surface area contributed by atoms with Crippen molar-refractivity contribution in [2.45, 2.75) is 19.0 Å². The second-order valence-corrected chi connectivity index (χ2v) is 6.76. The summed E-state index contributed by atoms with van der Waals surface area (Å²) in [5, 5.41) is 0. The molecule has 2 N–H and O–H groups in total. The number of likely N-dealkylation sites (tertiary alicyclic amines) is 1. The summed E-state index contributed by atoms with van der Waals surface area (Å²) >= 11 is 0. The number of nitrogens with zero attached hydrogens (tertiary/aromatic N) is 2. The van der Waals surface area contributed by atoms with Crippen molar-refractivity contribution in [2.24, 2.45) is 0 Å². The lowest BCUT2D eigenvalue weighted by Gasteiger charge is -2.28. The Morgan fingerprint density at radius 3 is 2.37 bits per heavy atom. The van der Waals surface area contributed by atoms with Crippen molar-refractivity contribution in [1.82, 2.24) is 4.90 Å². The van der Waals surface area contributed by atoms with Gasteiger partial charge in [0.25, 0.3) is 0 Å². The molecule has 0 saturated carbocycles. The second kappa shape index (κ2) is 8.08. The van der Waals surface area contributed by atoms with Crippen molar-refractivity contribution in [2.75, 3.05) is 43.9 Å². The molecule has 1 aliphatic heterocycles. The first-order valence-electron chi connectivity index (χ1n) is 9.02. The quantitative estimate of drug-likeness (QED) is 0.744. The summed E-state index contributed by atoms with van der Waals surface area (Å²) in [7, 11) is 1.64. The summed E-state index contributed by atoms with van der Waals surface area (Å²) in [4.78, 5) is 3.83. The monoisotopic (exact) mass is 379 g/mol. The maximum absolute atomic E-state index is 13.9. The predicted molar refractivity (Wildman–Crippen MR) is 101 cm³/mol. The molecule has 0 aromatic heterocycles. The molecule has 1 fully saturated rings. The highest BCUT2D eigenvalue weighted by atomic mass is 19.4. The Morgan fingerprint density at radius 1 is 1.07 bits per heavy atom. The van der Waals surface area contributed by atoms with E-state index in [1.165, 1.54) is 12.1 Å². The van der Waals surface area contributed by atoms with Gasteiger partial charge in [-0.3, -0.25) is 0 Å². The number of halogens is 3. The van der Waals surface area contributed by atoms with E-state index in [-0.39, 0.29) is 17.1 Å². The SMILES string of the molecule is CN(CCN1CCCC1)c1c(N)ccc(Oc2ccccc2)c1C(F)(F)F. The summed E-state index contributed by atoms with van der Waals surface area (Å²) in [6.07, 6.45) is -2.31. The van der Waals surface area contributed by atoms with Gasteiger partial charge in [-0.1, -0.05) is 18.2 Å². The lowest BCUT2D eigenvalue weighted by atomic mass is 10.1. The standard InChI is InChI=1S/C20H24F3N3O/c1-25(13-14-26-11-5-6-12-26)19-16(24)9-10-17(18(19)20(21,22)23)27-15-7-3-2-4-8-15/h2-4,7-10H,5-6,11-14,24H2,1H3. The Kier molecular flexibility index (Phi) is 5.79. The number of rotatable bonds is 6. The van der Waals surface area contributed by atoms with Crippen LogP contribution >= 0.6 is 0 Å². The normalized spacial score (nSPS) is 15.1. The van der Waals surface area contributed by atoms with Crippen LogP contribution in [0.1, 0.15) is 18.4 Å². The van der Waals surface area contributed by atoms with Gasteiger partial charge >= 0.3 is 6.18 Å². The second-order valence-electron chi connectivity index (χ2n) is 6.76. The van der Waals surface area contributed by atoms with Crippen LogP contribution in [0.25, 0.3) is 0 Å². The molecule has 1 heterocycles. The average molecular weight is 379 g/mol. The molecule has 0 unspecified atom stereocenters. The molecule has 3 rings (SSSR count). The van der Waals surface area contributed by atoms with Crippen LogP contribution in [0.5, 0.6) is 11.5 Å². The van der Waals surface area contributed by atoms with E-state index in [2.05, 4.69) is 4.90 Å². The molecule has 1 aliphatic rings. The fourth-order valence-corrected chi connectivity index (χ4v) is 3.38. The summed E-state index contributed by atoms with van der Waals surface area (Å²) in [6.45, 7) is 3.15. The maximum Gasteiger partial charge on any atom is 0.422 e. The number of nitrogens with two attached hydrogens (primary N) is 1. The minimum Gasteiger partial charge on any atom is -0.457 e. The van der Waals surface area contributed by atoms with E-state index in [1.807, 2.05) is 0 Å². The highest BCUT2D eigenvalue weighted by Gasteiger charge is 2.39. The van der Waals surface area contributed by atoms with Crippen LogP contribution in [-0.4, -0.2) is 38.1 Å². The molecule has 27 heavy (non-hydrogen) atoms. The van der Waals surface area contributed by atoms with E-state index < -0.39 is 11.7 Å². The van der Waals surface area contributed by atoms with Crippen LogP contribution < -0.4 is 15.4 Å². The van der Waals surface area contributed by atoms with E-state index in [0.717, 1.165) is 25.9 Å². The molecule has 7 heteroatoms. The van der Waals surface area contributed by atoms with Crippen molar-refractivity contribution < 1.29 is 17.9 Å². The smallest absolute Gasteiger partial charge is 0.422 e. The highest BCUT2D eigenvalue weighted by molar-refractivity contribution is 5.75. The number of anilines is 2. The van der Waals surface area contributed by atoms with E-state index in [0.29, 0.717) is 18.8 Å². The van der Waals surface area contributed by atoms with Crippen LogP contribution in [-0.2, 0) is 6.18 Å². The molecule has 2 aromatic rings. The van der Waals surface area contributed by atoms with Gasteiger partial charge in [-0.2, -0.15) is 13.2 Å². The van der Waals surface area contributed by atoms with Crippen molar-refractivity contribution >= 4 is 11.4 Å². The molecule has 2 aromatic carbocycles. The van der Waals surface area contributed by atoms with Crippen LogP contribution in [0.2, 0.25) is 0 Å². The molecule has 146 valence electrons. The molecular formula is C20H24F3N3O. The molecule has 1 saturated heterocycles. The zero-order valence-corrected chi connectivity index (χ0v) is 15.3. The van der Waals surface area contributed by atoms with Crippen LogP contribution in [0.4, 0.5) is 24.5 Å². The van der Waals surface area contributed by atoms with E-state index in [9.17, 15) is 13.2 Å². The van der Waals surface area contributed by atoms with Gasteiger partial charge in [0.15, 0.2) is 0 Å². The first-order chi connectivity index (χ1) is 12.9. The number of hydrogen-bond acceptors (Lipinski definition) is 4. The van der Waals surface area contributed by atoms with Gasteiger partial charge in [0.2, 0.25) is 0 Å². The molecule has 0 spiro atoms. The third-order valence-corrected chi connectivity index (χ3v) is 4.76. The van der Waals surface area contributed by atoms with Crippen molar-refractivity contribution in [3.05, 3.63) is 48.0 Å². The van der Waals surface area contributed by atoms with Gasteiger partial charge in [-0.25, -0.2) is 0 Å². The van der Waals surface area contributed by atoms with Gasteiger partial charge < -0.3 is 20.3 Å². The minimum atomic E-state index is -4.59. The third kappa shape index (κ3) is 4.66. The Hall–Kier alpha value is -2.41. The predicted octanol–water partition coefficient (Wildman–Crippen LogP) is 4.61. The zero-order chi connectivity index (χ0) is 19.4. The first-order valence-corrected chi connectivity index (χ1v) is 9.02.